The van der Waals surface area contributed by atoms with Crippen molar-refractivity contribution in [1.29, 1.82) is 0 Å². The molecule has 0 aromatic rings. The van der Waals surface area contributed by atoms with Crippen LogP contribution in [0.15, 0.2) is 0 Å². The molecule has 0 radical (unpaired) electrons. The standard InChI is InChI=1S/C20H32F2O5.C5H12O/c1-2-3-11-19(21,22)20(26)12-10-15-14(16(23)13-17(15)27-20)8-6-4-5-7-9-18(24)25;1-5(2,3)6-4/h14-15,17,26H,2-13H2,1H3,(H,24,25);1-4H3/t14-,15-,17-,20-;/m1./s1. The van der Waals surface area contributed by atoms with Gasteiger partial charge in [0.05, 0.1) is 11.7 Å². The molecule has 2 rings (SSSR count). The molecule has 33 heavy (non-hydrogen) atoms. The summed E-state index contributed by atoms with van der Waals surface area (Å²) in [5.41, 5.74) is 0.0417. The molecular weight excluding hydrogens is 434 g/mol. The van der Waals surface area contributed by atoms with Crippen LogP contribution in [0.1, 0.15) is 105 Å². The van der Waals surface area contributed by atoms with Gasteiger partial charge in [-0.2, -0.15) is 0 Å². The summed E-state index contributed by atoms with van der Waals surface area (Å²) in [6.07, 6.45) is 4.17. The fourth-order valence-corrected chi connectivity index (χ4v) is 4.42. The molecule has 1 saturated carbocycles. The van der Waals surface area contributed by atoms with E-state index in [1.807, 2.05) is 27.7 Å². The molecule has 6 nitrogen and oxygen atoms in total. The Labute approximate surface area is 197 Å². The first-order chi connectivity index (χ1) is 15.3. The normalized spacial score (nSPS) is 27.6. The van der Waals surface area contributed by atoms with Crippen molar-refractivity contribution in [1.82, 2.24) is 0 Å². The van der Waals surface area contributed by atoms with Crippen molar-refractivity contribution >= 4 is 11.8 Å². The summed E-state index contributed by atoms with van der Waals surface area (Å²) in [5.74, 6) is -6.82. The van der Waals surface area contributed by atoms with Crippen molar-refractivity contribution in [3.8, 4) is 0 Å². The van der Waals surface area contributed by atoms with Gasteiger partial charge in [0.2, 0.25) is 5.79 Å². The minimum atomic E-state index is -3.31. The van der Waals surface area contributed by atoms with Crippen LogP contribution in [0.4, 0.5) is 8.78 Å². The fourth-order valence-electron chi connectivity index (χ4n) is 4.42. The van der Waals surface area contributed by atoms with Gasteiger partial charge >= 0.3 is 11.9 Å². The van der Waals surface area contributed by atoms with Crippen molar-refractivity contribution in [2.75, 3.05) is 7.11 Å². The second-order valence-corrected chi connectivity index (χ2v) is 10.4. The van der Waals surface area contributed by atoms with Gasteiger partial charge in [0.1, 0.15) is 5.78 Å². The van der Waals surface area contributed by atoms with Gasteiger partial charge in [0.15, 0.2) is 0 Å². The highest BCUT2D eigenvalue weighted by Crippen LogP contribution is 2.49. The number of hydrogen-bond acceptors (Lipinski definition) is 5. The molecule has 0 aromatic heterocycles. The number of aliphatic hydroxyl groups is 1. The maximum absolute atomic E-state index is 14.4. The van der Waals surface area contributed by atoms with Crippen molar-refractivity contribution in [2.45, 2.75) is 128 Å². The Balaban J connectivity index is 0.000000801. The molecule has 0 aromatic carbocycles. The van der Waals surface area contributed by atoms with Crippen LogP contribution in [0.5, 0.6) is 0 Å². The summed E-state index contributed by atoms with van der Waals surface area (Å²) >= 11 is 0. The topological polar surface area (TPSA) is 93.1 Å². The van der Waals surface area contributed by atoms with E-state index in [0.717, 1.165) is 19.3 Å². The molecule has 0 bridgehead atoms. The Kier molecular flexibility index (Phi) is 11.9. The summed E-state index contributed by atoms with van der Waals surface area (Å²) in [6.45, 7) is 7.88. The van der Waals surface area contributed by atoms with Gasteiger partial charge < -0.3 is 19.7 Å². The van der Waals surface area contributed by atoms with Crippen LogP contribution in [-0.2, 0) is 19.1 Å². The summed E-state index contributed by atoms with van der Waals surface area (Å²) in [7, 11) is 1.71. The van der Waals surface area contributed by atoms with Gasteiger partial charge in [-0.05, 0) is 52.4 Å². The van der Waals surface area contributed by atoms with Crippen LogP contribution >= 0.6 is 0 Å². The molecule has 0 spiro atoms. The molecule has 2 fully saturated rings. The zero-order valence-corrected chi connectivity index (χ0v) is 21.0. The van der Waals surface area contributed by atoms with E-state index in [4.69, 9.17) is 14.6 Å². The largest absolute Gasteiger partial charge is 0.481 e. The lowest BCUT2D eigenvalue weighted by atomic mass is 9.81. The van der Waals surface area contributed by atoms with Gasteiger partial charge in [-0.1, -0.05) is 32.6 Å². The number of hydrogen-bond donors (Lipinski definition) is 2. The molecule has 2 aliphatic rings. The van der Waals surface area contributed by atoms with Gasteiger partial charge in [-0.25, -0.2) is 8.78 Å². The highest BCUT2D eigenvalue weighted by molar-refractivity contribution is 5.84. The van der Waals surface area contributed by atoms with E-state index in [2.05, 4.69) is 0 Å². The molecule has 194 valence electrons. The molecule has 0 unspecified atom stereocenters. The molecule has 1 heterocycles. The quantitative estimate of drug-likeness (QED) is 0.368. The van der Waals surface area contributed by atoms with Gasteiger partial charge in [-0.3, -0.25) is 9.59 Å². The fraction of sp³-hybridized carbons (Fsp3) is 0.920. The molecule has 4 atom stereocenters. The Bertz CT molecular complexity index is 619. The van der Waals surface area contributed by atoms with Crippen LogP contribution < -0.4 is 0 Å². The molecule has 8 heteroatoms. The first-order valence-electron chi connectivity index (χ1n) is 12.3. The SMILES string of the molecule is CCCCC(F)(F)[C@@]1(O)CC[C@H]2[C@@H](CC(=O)[C@@H]2CCCCCCC(=O)O)O1.COC(C)(C)C. The van der Waals surface area contributed by atoms with Crippen molar-refractivity contribution in [2.24, 2.45) is 11.8 Å². The summed E-state index contributed by atoms with van der Waals surface area (Å²) in [5, 5.41) is 19.1. The third kappa shape index (κ3) is 9.57. The smallest absolute Gasteiger partial charge is 0.303 e. The van der Waals surface area contributed by atoms with E-state index in [-0.39, 0.29) is 42.5 Å². The summed E-state index contributed by atoms with van der Waals surface area (Å²) in [6, 6.07) is 0. The predicted molar refractivity (Wildman–Crippen MR) is 122 cm³/mol. The third-order valence-electron chi connectivity index (χ3n) is 6.66. The number of ether oxygens (including phenoxy) is 2. The first kappa shape index (κ1) is 29.9. The van der Waals surface area contributed by atoms with E-state index < -0.39 is 30.2 Å². The van der Waals surface area contributed by atoms with E-state index in [1.165, 1.54) is 0 Å². The number of aliphatic carboxylic acids is 1. The number of unbranched alkanes of at least 4 members (excludes halogenated alkanes) is 4. The van der Waals surface area contributed by atoms with Crippen molar-refractivity contribution < 1.29 is 38.1 Å². The number of Topliss-reactive ketones (excluding diaryl/α,β-unsaturated/α-hetero) is 1. The highest BCUT2D eigenvalue weighted by Gasteiger charge is 2.59. The Morgan fingerprint density at radius 3 is 2.33 bits per heavy atom. The van der Waals surface area contributed by atoms with E-state index >= 15 is 0 Å². The minimum absolute atomic E-state index is 0.0386. The molecular formula is C25H44F2O6. The zero-order valence-electron chi connectivity index (χ0n) is 21.0. The lowest BCUT2D eigenvalue weighted by Gasteiger charge is -2.43. The van der Waals surface area contributed by atoms with E-state index in [0.29, 0.717) is 32.1 Å². The van der Waals surface area contributed by atoms with Crippen molar-refractivity contribution in [3.63, 3.8) is 0 Å². The predicted octanol–water partition coefficient (Wildman–Crippen LogP) is 5.74. The summed E-state index contributed by atoms with van der Waals surface area (Å²) < 4.78 is 39.2. The average Bonchev–Trinajstić information content (AvgIpc) is 3.02. The average molecular weight is 479 g/mol. The Morgan fingerprint density at radius 2 is 1.79 bits per heavy atom. The lowest BCUT2D eigenvalue weighted by Crippen LogP contribution is -2.55. The minimum Gasteiger partial charge on any atom is -0.481 e. The lowest BCUT2D eigenvalue weighted by molar-refractivity contribution is -0.356. The maximum atomic E-state index is 14.4. The first-order valence-corrected chi connectivity index (χ1v) is 12.3. The molecule has 1 saturated heterocycles. The van der Waals surface area contributed by atoms with E-state index in [9.17, 15) is 23.5 Å². The third-order valence-corrected chi connectivity index (χ3v) is 6.66. The number of methoxy groups -OCH3 is 1. The number of carbonyl (C=O) groups is 2. The molecule has 2 N–H and O–H groups in total. The molecule has 1 aliphatic carbocycles. The second-order valence-electron chi connectivity index (χ2n) is 10.4. The number of fused-ring (bicyclic) bond motifs is 1. The van der Waals surface area contributed by atoms with Gasteiger partial charge in [0.25, 0.3) is 0 Å². The summed E-state index contributed by atoms with van der Waals surface area (Å²) in [4.78, 5) is 22.8. The number of alkyl halides is 2. The zero-order chi connectivity index (χ0) is 25.3. The molecule has 0 amide bonds. The number of halogens is 2. The molecule has 1 aliphatic heterocycles. The van der Waals surface area contributed by atoms with Crippen LogP contribution in [0.2, 0.25) is 0 Å². The van der Waals surface area contributed by atoms with Crippen LogP contribution in [0.25, 0.3) is 0 Å². The van der Waals surface area contributed by atoms with Gasteiger partial charge in [0, 0.05) is 38.7 Å². The van der Waals surface area contributed by atoms with Gasteiger partial charge in [-0.15, -0.1) is 0 Å². The number of rotatable bonds is 11. The maximum Gasteiger partial charge on any atom is 0.303 e. The van der Waals surface area contributed by atoms with Crippen LogP contribution in [-0.4, -0.2) is 52.5 Å². The Hall–Kier alpha value is -1.12. The van der Waals surface area contributed by atoms with Crippen LogP contribution in [0.3, 0.4) is 0 Å². The van der Waals surface area contributed by atoms with Crippen LogP contribution in [0, 0.1) is 11.8 Å². The highest BCUT2D eigenvalue weighted by atomic mass is 19.3. The van der Waals surface area contributed by atoms with Crippen molar-refractivity contribution in [3.05, 3.63) is 0 Å². The number of carbonyl (C=O) groups excluding carboxylic acids is 1. The number of ketones is 1. The Morgan fingerprint density at radius 1 is 1.18 bits per heavy atom. The number of carboxylic acids is 1. The van der Waals surface area contributed by atoms with E-state index in [1.54, 1.807) is 7.11 Å². The number of carboxylic acid groups (broad SMARTS) is 1. The second kappa shape index (κ2) is 13.1. The monoisotopic (exact) mass is 478 g/mol.